The first-order chi connectivity index (χ1) is 11.0. The SMILES string of the molecule is COc1ccc(Cl)cc1CN1C(=O)C(C)Oc2ccc(F)cc21. The van der Waals surface area contributed by atoms with Crippen LogP contribution in [0, 0.1) is 5.82 Å². The van der Waals surface area contributed by atoms with Crippen molar-refractivity contribution in [1.29, 1.82) is 0 Å². The second-order valence-corrected chi connectivity index (χ2v) is 5.69. The van der Waals surface area contributed by atoms with Crippen LogP contribution in [0.1, 0.15) is 12.5 Å². The van der Waals surface area contributed by atoms with E-state index in [0.717, 1.165) is 5.56 Å². The fraction of sp³-hybridized carbons (Fsp3) is 0.235. The van der Waals surface area contributed by atoms with Crippen molar-refractivity contribution in [3.8, 4) is 11.5 Å². The van der Waals surface area contributed by atoms with Crippen LogP contribution in [-0.2, 0) is 11.3 Å². The van der Waals surface area contributed by atoms with Crippen LogP contribution in [0.3, 0.4) is 0 Å². The predicted molar refractivity (Wildman–Crippen MR) is 85.7 cm³/mol. The van der Waals surface area contributed by atoms with Gasteiger partial charge in [0, 0.05) is 16.7 Å². The molecule has 2 aromatic carbocycles. The third-order valence-electron chi connectivity index (χ3n) is 3.70. The number of rotatable bonds is 3. The lowest BCUT2D eigenvalue weighted by Crippen LogP contribution is -2.44. The number of amides is 1. The van der Waals surface area contributed by atoms with Crippen molar-refractivity contribution >= 4 is 23.2 Å². The molecule has 0 aromatic heterocycles. The Morgan fingerprint density at radius 3 is 2.83 bits per heavy atom. The Labute approximate surface area is 138 Å². The number of fused-ring (bicyclic) bond motifs is 1. The molecule has 0 spiro atoms. The fourth-order valence-corrected chi connectivity index (χ4v) is 2.78. The van der Waals surface area contributed by atoms with E-state index in [1.165, 1.54) is 23.1 Å². The van der Waals surface area contributed by atoms with E-state index in [2.05, 4.69) is 0 Å². The summed E-state index contributed by atoms with van der Waals surface area (Å²) < 4.78 is 24.4. The Morgan fingerprint density at radius 1 is 1.30 bits per heavy atom. The van der Waals surface area contributed by atoms with Gasteiger partial charge in [-0.2, -0.15) is 0 Å². The first-order valence-electron chi connectivity index (χ1n) is 7.09. The van der Waals surface area contributed by atoms with Crippen molar-refractivity contribution in [3.05, 3.63) is 52.8 Å². The van der Waals surface area contributed by atoms with Gasteiger partial charge in [0.25, 0.3) is 5.91 Å². The maximum Gasteiger partial charge on any atom is 0.268 e. The topological polar surface area (TPSA) is 38.8 Å². The molecular weight excluding hydrogens is 321 g/mol. The molecular formula is C17H15ClFNO3. The Bertz CT molecular complexity index is 765. The number of carbonyl (C=O) groups excluding carboxylic acids is 1. The average Bonchev–Trinajstić information content (AvgIpc) is 2.53. The summed E-state index contributed by atoms with van der Waals surface area (Å²) in [5.74, 6) is 0.404. The maximum atomic E-state index is 13.6. The number of benzene rings is 2. The number of hydrogen-bond donors (Lipinski definition) is 0. The van der Waals surface area contributed by atoms with Gasteiger partial charge in [-0.05, 0) is 37.3 Å². The second kappa shape index (κ2) is 6.08. The summed E-state index contributed by atoms with van der Waals surface area (Å²) in [7, 11) is 1.55. The Kier molecular flexibility index (Phi) is 4.13. The van der Waals surface area contributed by atoms with E-state index in [0.29, 0.717) is 22.2 Å². The normalized spacial score (nSPS) is 16.8. The third kappa shape index (κ3) is 2.97. The van der Waals surface area contributed by atoms with Gasteiger partial charge < -0.3 is 14.4 Å². The highest BCUT2D eigenvalue weighted by Crippen LogP contribution is 2.36. The maximum absolute atomic E-state index is 13.6. The standard InChI is InChI=1S/C17H15ClFNO3/c1-10-17(21)20(14-8-13(19)4-6-16(14)23-10)9-11-7-12(18)3-5-15(11)22-2/h3-8,10H,9H2,1-2H3. The molecule has 0 fully saturated rings. The van der Waals surface area contributed by atoms with Crippen molar-refractivity contribution in [3.63, 3.8) is 0 Å². The van der Waals surface area contributed by atoms with Gasteiger partial charge in [0.1, 0.15) is 17.3 Å². The second-order valence-electron chi connectivity index (χ2n) is 5.25. The van der Waals surface area contributed by atoms with Gasteiger partial charge in [0.05, 0.1) is 19.3 Å². The average molecular weight is 336 g/mol. The Morgan fingerprint density at radius 2 is 2.09 bits per heavy atom. The lowest BCUT2D eigenvalue weighted by molar-refractivity contribution is -0.125. The van der Waals surface area contributed by atoms with Crippen LogP contribution < -0.4 is 14.4 Å². The lowest BCUT2D eigenvalue weighted by Gasteiger charge is -2.33. The van der Waals surface area contributed by atoms with Crippen LogP contribution >= 0.6 is 11.6 Å². The molecule has 0 radical (unpaired) electrons. The predicted octanol–water partition coefficient (Wildman–Crippen LogP) is 3.80. The lowest BCUT2D eigenvalue weighted by atomic mass is 10.1. The molecule has 1 atom stereocenters. The molecule has 120 valence electrons. The molecule has 23 heavy (non-hydrogen) atoms. The van der Waals surface area contributed by atoms with Crippen molar-refractivity contribution in [2.75, 3.05) is 12.0 Å². The van der Waals surface area contributed by atoms with Crippen LogP contribution in [0.4, 0.5) is 10.1 Å². The highest BCUT2D eigenvalue weighted by atomic mass is 35.5. The van der Waals surface area contributed by atoms with Crippen LogP contribution in [-0.4, -0.2) is 19.1 Å². The molecule has 0 saturated carbocycles. The summed E-state index contributed by atoms with van der Waals surface area (Å²) in [5.41, 5.74) is 1.13. The minimum atomic E-state index is -0.641. The fourth-order valence-electron chi connectivity index (χ4n) is 2.58. The molecule has 0 N–H and O–H groups in total. The molecule has 1 unspecified atom stereocenters. The summed E-state index contributed by atoms with van der Waals surface area (Å²) in [6, 6.07) is 9.29. The zero-order chi connectivity index (χ0) is 16.6. The molecule has 1 aliphatic heterocycles. The molecule has 6 heteroatoms. The highest BCUT2D eigenvalue weighted by molar-refractivity contribution is 6.30. The van der Waals surface area contributed by atoms with Crippen LogP contribution in [0.2, 0.25) is 5.02 Å². The summed E-state index contributed by atoms with van der Waals surface area (Å²) in [4.78, 5) is 14.0. The largest absolute Gasteiger partial charge is 0.496 e. The van der Waals surface area contributed by atoms with Gasteiger partial charge in [0.15, 0.2) is 6.10 Å². The third-order valence-corrected chi connectivity index (χ3v) is 3.94. The zero-order valence-electron chi connectivity index (χ0n) is 12.7. The molecule has 1 amide bonds. The number of hydrogen-bond acceptors (Lipinski definition) is 3. The summed E-state index contributed by atoms with van der Waals surface area (Å²) >= 11 is 6.04. The van der Waals surface area contributed by atoms with Gasteiger partial charge in [-0.3, -0.25) is 4.79 Å². The van der Waals surface area contributed by atoms with E-state index >= 15 is 0 Å². The zero-order valence-corrected chi connectivity index (χ0v) is 13.4. The Hall–Kier alpha value is -2.27. The van der Waals surface area contributed by atoms with Crippen LogP contribution in [0.5, 0.6) is 11.5 Å². The summed E-state index contributed by atoms with van der Waals surface area (Å²) in [6.07, 6.45) is -0.641. The minimum absolute atomic E-state index is 0.215. The van der Waals surface area contributed by atoms with E-state index in [1.54, 1.807) is 32.2 Å². The molecule has 4 nitrogen and oxygen atoms in total. The van der Waals surface area contributed by atoms with E-state index in [9.17, 15) is 9.18 Å². The van der Waals surface area contributed by atoms with Gasteiger partial charge in [-0.25, -0.2) is 4.39 Å². The molecule has 0 bridgehead atoms. The van der Waals surface area contributed by atoms with E-state index < -0.39 is 11.9 Å². The first-order valence-corrected chi connectivity index (χ1v) is 7.47. The number of nitrogens with zero attached hydrogens (tertiary/aromatic N) is 1. The monoisotopic (exact) mass is 335 g/mol. The first kappa shape index (κ1) is 15.6. The number of anilines is 1. The van der Waals surface area contributed by atoms with E-state index in [1.807, 2.05) is 0 Å². The number of methoxy groups -OCH3 is 1. The molecule has 1 aliphatic rings. The molecule has 2 aromatic rings. The molecule has 1 heterocycles. The number of ether oxygens (including phenoxy) is 2. The van der Waals surface area contributed by atoms with E-state index in [4.69, 9.17) is 21.1 Å². The van der Waals surface area contributed by atoms with Gasteiger partial charge in [0.2, 0.25) is 0 Å². The van der Waals surface area contributed by atoms with Crippen molar-refractivity contribution in [2.45, 2.75) is 19.6 Å². The smallest absolute Gasteiger partial charge is 0.268 e. The number of halogens is 2. The minimum Gasteiger partial charge on any atom is -0.496 e. The summed E-state index contributed by atoms with van der Waals surface area (Å²) in [5, 5.41) is 0.536. The molecule has 0 saturated heterocycles. The molecule has 3 rings (SSSR count). The van der Waals surface area contributed by atoms with Crippen molar-refractivity contribution in [2.24, 2.45) is 0 Å². The van der Waals surface area contributed by atoms with Gasteiger partial charge in [-0.1, -0.05) is 11.6 Å². The van der Waals surface area contributed by atoms with Gasteiger partial charge in [-0.15, -0.1) is 0 Å². The van der Waals surface area contributed by atoms with Crippen LogP contribution in [0.25, 0.3) is 0 Å². The van der Waals surface area contributed by atoms with Crippen LogP contribution in [0.15, 0.2) is 36.4 Å². The highest BCUT2D eigenvalue weighted by Gasteiger charge is 2.32. The van der Waals surface area contributed by atoms with Crippen molar-refractivity contribution < 1.29 is 18.7 Å². The quantitative estimate of drug-likeness (QED) is 0.856. The summed E-state index contributed by atoms with van der Waals surface area (Å²) in [6.45, 7) is 1.88. The van der Waals surface area contributed by atoms with Crippen molar-refractivity contribution in [1.82, 2.24) is 0 Å². The number of carbonyl (C=O) groups is 1. The van der Waals surface area contributed by atoms with E-state index in [-0.39, 0.29) is 12.5 Å². The molecule has 0 aliphatic carbocycles. The Balaban J connectivity index is 2.04. The van der Waals surface area contributed by atoms with Gasteiger partial charge >= 0.3 is 0 Å².